The van der Waals surface area contributed by atoms with Gasteiger partial charge in [0.25, 0.3) is 11.4 Å². The number of nitrogens with zero attached hydrogens (tertiary/aromatic N) is 4. The van der Waals surface area contributed by atoms with Gasteiger partial charge in [-0.05, 0) is 19.4 Å². The Bertz CT molecular complexity index is 799. The molecule has 0 bridgehead atoms. The van der Waals surface area contributed by atoms with Gasteiger partial charge in [0.2, 0.25) is 0 Å². The molecule has 3 aromatic rings. The largest absolute Gasteiger partial charge is 0.333 e. The van der Waals surface area contributed by atoms with Crippen LogP contribution in [0.1, 0.15) is 11.4 Å². The topological polar surface area (TPSA) is 73.8 Å². The molecule has 0 radical (unpaired) electrons. The van der Waals surface area contributed by atoms with E-state index >= 15 is 0 Å². The Kier molecular flexibility index (Phi) is 2.30. The zero-order valence-electron chi connectivity index (χ0n) is 10.1. The first-order chi connectivity index (χ1) is 8.58. The van der Waals surface area contributed by atoms with Crippen molar-refractivity contribution in [2.45, 2.75) is 13.8 Å². The summed E-state index contributed by atoms with van der Waals surface area (Å²) in [6.45, 7) is 3.63. The van der Waals surface area contributed by atoms with Crippen molar-refractivity contribution in [2.75, 3.05) is 0 Å². The molecule has 0 saturated carbocycles. The highest BCUT2D eigenvalue weighted by molar-refractivity contribution is 7.22. The van der Waals surface area contributed by atoms with Crippen molar-refractivity contribution in [3.05, 3.63) is 28.1 Å². The molecule has 0 aliphatic carbocycles. The molecular formula is C11H10N4O2S. The molecule has 0 unspecified atom stereocenters. The van der Waals surface area contributed by atoms with E-state index in [1.54, 1.807) is 14.0 Å². The molecular weight excluding hydrogens is 252 g/mol. The first-order valence-corrected chi connectivity index (χ1v) is 6.15. The summed E-state index contributed by atoms with van der Waals surface area (Å²) in [4.78, 5) is 22.0. The van der Waals surface area contributed by atoms with Crippen LogP contribution < -0.4 is 5.56 Å². The summed E-state index contributed by atoms with van der Waals surface area (Å²) >= 11 is 1.39. The molecule has 3 rings (SSSR count). The minimum absolute atomic E-state index is 0.0590. The Labute approximate surface area is 106 Å². The van der Waals surface area contributed by atoms with Crippen molar-refractivity contribution in [2.24, 2.45) is 7.05 Å². The lowest BCUT2D eigenvalue weighted by atomic mass is 10.2. The van der Waals surface area contributed by atoms with Gasteiger partial charge in [0, 0.05) is 7.05 Å². The molecule has 6 nitrogen and oxygen atoms in total. The second-order valence-corrected chi connectivity index (χ2v) is 5.04. The van der Waals surface area contributed by atoms with Gasteiger partial charge >= 0.3 is 0 Å². The number of hydrogen-bond donors (Lipinski definition) is 0. The van der Waals surface area contributed by atoms with Gasteiger partial charge in [-0.3, -0.25) is 4.79 Å². The number of aryl methyl sites for hydroxylation is 3. The summed E-state index contributed by atoms with van der Waals surface area (Å²) in [6.07, 6.45) is 1.52. The first kappa shape index (κ1) is 11.1. The maximum absolute atomic E-state index is 12.1. The van der Waals surface area contributed by atoms with Crippen molar-refractivity contribution in [1.29, 1.82) is 0 Å². The van der Waals surface area contributed by atoms with Crippen LogP contribution in [-0.2, 0) is 7.05 Å². The standard InChI is InChI=1S/C11H10N4O2S/c1-5-7-10(12-4-15(3)11(7)16)18-8(5)9-13-6(2)14-17-9/h4H,1-3H3. The monoisotopic (exact) mass is 262 g/mol. The molecule has 0 spiro atoms. The van der Waals surface area contributed by atoms with Crippen LogP contribution >= 0.6 is 11.3 Å². The van der Waals surface area contributed by atoms with E-state index < -0.39 is 0 Å². The second kappa shape index (κ2) is 3.74. The molecule has 0 aliphatic rings. The van der Waals surface area contributed by atoms with Crippen molar-refractivity contribution in [3.8, 4) is 10.8 Å². The van der Waals surface area contributed by atoms with Gasteiger partial charge in [0.1, 0.15) is 4.83 Å². The predicted octanol–water partition coefficient (Wildman–Crippen LogP) is 1.66. The molecule has 3 heterocycles. The molecule has 18 heavy (non-hydrogen) atoms. The van der Waals surface area contributed by atoms with Crippen LogP contribution in [0.25, 0.3) is 21.0 Å². The second-order valence-electron chi connectivity index (χ2n) is 4.04. The lowest BCUT2D eigenvalue weighted by Crippen LogP contribution is -2.16. The van der Waals surface area contributed by atoms with Crippen molar-refractivity contribution >= 4 is 21.6 Å². The average molecular weight is 262 g/mol. The summed E-state index contributed by atoms with van der Waals surface area (Å²) in [5.74, 6) is 1.01. The molecule has 92 valence electrons. The number of aromatic nitrogens is 4. The molecule has 7 heteroatoms. The summed E-state index contributed by atoms with van der Waals surface area (Å²) in [7, 11) is 1.68. The Balaban J connectivity index is 2.36. The zero-order chi connectivity index (χ0) is 12.9. The van der Waals surface area contributed by atoms with E-state index in [0.29, 0.717) is 21.9 Å². The van der Waals surface area contributed by atoms with Crippen LogP contribution in [0.2, 0.25) is 0 Å². The van der Waals surface area contributed by atoms with E-state index in [1.807, 2.05) is 6.92 Å². The lowest BCUT2D eigenvalue weighted by Gasteiger charge is -1.95. The summed E-state index contributed by atoms with van der Waals surface area (Å²) in [5.41, 5.74) is 0.781. The Morgan fingerprint density at radius 2 is 2.17 bits per heavy atom. The number of thiophene rings is 1. The van der Waals surface area contributed by atoms with Crippen molar-refractivity contribution < 1.29 is 4.52 Å². The molecule has 0 fully saturated rings. The molecule has 0 saturated heterocycles. The van der Waals surface area contributed by atoms with E-state index in [2.05, 4.69) is 15.1 Å². The third kappa shape index (κ3) is 1.47. The van der Waals surface area contributed by atoms with Crippen LogP contribution in [0, 0.1) is 13.8 Å². The van der Waals surface area contributed by atoms with Crippen LogP contribution in [0.4, 0.5) is 0 Å². The highest BCUT2D eigenvalue weighted by Crippen LogP contribution is 2.34. The van der Waals surface area contributed by atoms with Crippen LogP contribution in [0.15, 0.2) is 15.6 Å². The highest BCUT2D eigenvalue weighted by Gasteiger charge is 2.18. The van der Waals surface area contributed by atoms with E-state index in [-0.39, 0.29) is 5.56 Å². The Morgan fingerprint density at radius 3 is 2.83 bits per heavy atom. The minimum Gasteiger partial charge on any atom is -0.333 e. The van der Waals surface area contributed by atoms with Gasteiger partial charge in [-0.2, -0.15) is 4.98 Å². The fourth-order valence-electron chi connectivity index (χ4n) is 1.80. The van der Waals surface area contributed by atoms with E-state index in [0.717, 1.165) is 10.4 Å². The molecule has 3 aromatic heterocycles. The smallest absolute Gasteiger partial charge is 0.268 e. The molecule has 0 aromatic carbocycles. The fourth-order valence-corrected chi connectivity index (χ4v) is 2.86. The van der Waals surface area contributed by atoms with Crippen LogP contribution in [-0.4, -0.2) is 19.7 Å². The minimum atomic E-state index is -0.0590. The van der Waals surface area contributed by atoms with E-state index in [9.17, 15) is 4.79 Å². The summed E-state index contributed by atoms with van der Waals surface area (Å²) in [5, 5.41) is 4.38. The molecule has 0 atom stereocenters. The first-order valence-electron chi connectivity index (χ1n) is 5.33. The average Bonchev–Trinajstić information content (AvgIpc) is 2.89. The number of fused-ring (bicyclic) bond motifs is 1. The molecule has 0 amide bonds. The third-order valence-corrected chi connectivity index (χ3v) is 3.92. The van der Waals surface area contributed by atoms with Gasteiger partial charge in [0.05, 0.1) is 16.6 Å². The number of rotatable bonds is 1. The molecule has 0 aliphatic heterocycles. The quantitative estimate of drug-likeness (QED) is 0.666. The highest BCUT2D eigenvalue weighted by atomic mass is 32.1. The fraction of sp³-hybridized carbons (Fsp3) is 0.273. The Hall–Kier alpha value is -2.02. The van der Waals surface area contributed by atoms with E-state index in [4.69, 9.17) is 4.52 Å². The van der Waals surface area contributed by atoms with Gasteiger partial charge in [-0.15, -0.1) is 11.3 Å². The Morgan fingerprint density at radius 1 is 1.39 bits per heavy atom. The van der Waals surface area contributed by atoms with Crippen LogP contribution in [0.5, 0.6) is 0 Å². The SMILES string of the molecule is Cc1noc(-c2sc3ncn(C)c(=O)c3c2C)n1. The predicted molar refractivity (Wildman–Crippen MR) is 67.6 cm³/mol. The normalized spacial score (nSPS) is 11.3. The van der Waals surface area contributed by atoms with Crippen molar-refractivity contribution in [3.63, 3.8) is 0 Å². The lowest BCUT2D eigenvalue weighted by molar-refractivity contribution is 0.426. The van der Waals surface area contributed by atoms with Gasteiger partial charge in [-0.1, -0.05) is 5.16 Å². The van der Waals surface area contributed by atoms with Gasteiger partial charge in [0.15, 0.2) is 5.82 Å². The third-order valence-electron chi connectivity index (χ3n) is 2.73. The maximum Gasteiger partial charge on any atom is 0.268 e. The summed E-state index contributed by atoms with van der Waals surface area (Å²) < 4.78 is 6.61. The van der Waals surface area contributed by atoms with Crippen molar-refractivity contribution in [1.82, 2.24) is 19.7 Å². The van der Waals surface area contributed by atoms with Gasteiger partial charge in [-0.25, -0.2) is 4.98 Å². The van der Waals surface area contributed by atoms with Crippen LogP contribution in [0.3, 0.4) is 0 Å². The summed E-state index contributed by atoms with van der Waals surface area (Å²) in [6, 6.07) is 0. The number of hydrogen-bond acceptors (Lipinski definition) is 6. The maximum atomic E-state index is 12.1. The molecule has 0 N–H and O–H groups in total. The van der Waals surface area contributed by atoms with Gasteiger partial charge < -0.3 is 9.09 Å². The van der Waals surface area contributed by atoms with E-state index in [1.165, 1.54) is 22.2 Å². The zero-order valence-corrected chi connectivity index (χ0v) is 10.9.